The van der Waals surface area contributed by atoms with Crippen LogP contribution in [0.5, 0.6) is 17.2 Å². The van der Waals surface area contributed by atoms with Gasteiger partial charge in [-0.2, -0.15) is 0 Å². The Labute approximate surface area is 214 Å². The van der Waals surface area contributed by atoms with Crippen LogP contribution in [0.2, 0.25) is 0 Å². The minimum Gasteiger partial charge on any atom is -0.497 e. The predicted octanol–water partition coefficient (Wildman–Crippen LogP) is 6.12. The minimum absolute atomic E-state index is 0.499. The van der Waals surface area contributed by atoms with Crippen LogP contribution >= 0.6 is 0 Å². The van der Waals surface area contributed by atoms with Crippen LogP contribution in [0.25, 0.3) is 11.3 Å². The third-order valence-electron chi connectivity index (χ3n) is 7.63. The van der Waals surface area contributed by atoms with Crippen LogP contribution in [-0.4, -0.2) is 50.3 Å². The van der Waals surface area contributed by atoms with E-state index in [0.717, 1.165) is 66.7 Å². The van der Waals surface area contributed by atoms with Crippen molar-refractivity contribution in [2.75, 3.05) is 39.7 Å². The molecule has 6 nitrogen and oxygen atoms in total. The number of methoxy groups -OCH3 is 3. The Morgan fingerprint density at radius 3 is 2.31 bits per heavy atom. The highest BCUT2D eigenvalue weighted by Gasteiger charge is 2.26. The Morgan fingerprint density at radius 2 is 1.67 bits per heavy atom. The standard InChI is InChI=1S/C30H37N3O3/c1-34-26-9-7-24(8-10-26)32-25-12-15-33(16-13-25)20-21-11-14-31-28(17-21)23-18-27(22-5-4-6-22)30(36-3)29(19-23)35-2/h7-11,14,17-19,22,25,32H,4-6,12-13,15-16,20H2,1-3H3. The maximum absolute atomic E-state index is 5.73. The normalized spacial score (nSPS) is 16.9. The smallest absolute Gasteiger partial charge is 0.164 e. The van der Waals surface area contributed by atoms with Gasteiger partial charge in [0.25, 0.3) is 0 Å². The maximum Gasteiger partial charge on any atom is 0.164 e. The van der Waals surface area contributed by atoms with Crippen LogP contribution in [0.1, 0.15) is 49.1 Å². The van der Waals surface area contributed by atoms with Crippen molar-refractivity contribution in [2.45, 2.75) is 50.6 Å². The van der Waals surface area contributed by atoms with Gasteiger partial charge in [0, 0.05) is 48.7 Å². The summed E-state index contributed by atoms with van der Waals surface area (Å²) < 4.78 is 16.7. The first kappa shape index (κ1) is 24.4. The summed E-state index contributed by atoms with van der Waals surface area (Å²) in [4.78, 5) is 7.26. The number of aromatic nitrogens is 1. The van der Waals surface area contributed by atoms with Gasteiger partial charge < -0.3 is 19.5 Å². The van der Waals surface area contributed by atoms with Gasteiger partial charge in [-0.25, -0.2) is 0 Å². The molecule has 6 heteroatoms. The molecule has 0 amide bonds. The van der Waals surface area contributed by atoms with E-state index in [9.17, 15) is 0 Å². The molecule has 1 aliphatic heterocycles. The number of nitrogens with one attached hydrogen (secondary N) is 1. The van der Waals surface area contributed by atoms with Crippen molar-refractivity contribution in [2.24, 2.45) is 0 Å². The monoisotopic (exact) mass is 487 g/mol. The van der Waals surface area contributed by atoms with Gasteiger partial charge in [-0.3, -0.25) is 9.88 Å². The first-order chi connectivity index (χ1) is 17.7. The van der Waals surface area contributed by atoms with E-state index in [1.54, 1.807) is 21.3 Å². The molecule has 1 N–H and O–H groups in total. The van der Waals surface area contributed by atoms with Gasteiger partial charge in [0.2, 0.25) is 0 Å². The molecule has 2 aliphatic rings. The van der Waals surface area contributed by atoms with Gasteiger partial charge >= 0.3 is 0 Å². The van der Waals surface area contributed by atoms with E-state index in [1.165, 1.54) is 30.4 Å². The third kappa shape index (κ3) is 5.44. The van der Waals surface area contributed by atoms with Crippen molar-refractivity contribution in [3.8, 4) is 28.5 Å². The van der Waals surface area contributed by atoms with Crippen LogP contribution < -0.4 is 19.5 Å². The van der Waals surface area contributed by atoms with Crippen molar-refractivity contribution >= 4 is 5.69 Å². The number of benzene rings is 2. The predicted molar refractivity (Wildman–Crippen MR) is 144 cm³/mol. The molecule has 0 bridgehead atoms. The fraction of sp³-hybridized carbons (Fsp3) is 0.433. The highest BCUT2D eigenvalue weighted by Crippen LogP contribution is 2.46. The van der Waals surface area contributed by atoms with Crippen molar-refractivity contribution in [3.05, 3.63) is 65.9 Å². The van der Waals surface area contributed by atoms with Crippen molar-refractivity contribution in [1.82, 2.24) is 9.88 Å². The van der Waals surface area contributed by atoms with E-state index in [1.807, 2.05) is 18.3 Å². The lowest BCUT2D eigenvalue weighted by molar-refractivity contribution is 0.211. The molecule has 36 heavy (non-hydrogen) atoms. The Morgan fingerprint density at radius 1 is 0.889 bits per heavy atom. The summed E-state index contributed by atoms with van der Waals surface area (Å²) in [6.07, 6.45) is 7.89. The van der Waals surface area contributed by atoms with Gasteiger partial charge in [0.05, 0.1) is 27.0 Å². The Balaban J connectivity index is 1.24. The number of nitrogens with zero attached hydrogens (tertiary/aromatic N) is 2. The fourth-order valence-electron chi connectivity index (χ4n) is 5.31. The lowest BCUT2D eigenvalue weighted by atomic mass is 9.79. The number of hydrogen-bond donors (Lipinski definition) is 1. The van der Waals surface area contributed by atoms with E-state index in [-0.39, 0.29) is 0 Å². The largest absolute Gasteiger partial charge is 0.497 e. The number of hydrogen-bond acceptors (Lipinski definition) is 6. The molecule has 2 aromatic carbocycles. The minimum atomic E-state index is 0.499. The van der Waals surface area contributed by atoms with Crippen LogP contribution in [0.3, 0.4) is 0 Å². The average Bonchev–Trinajstić information content (AvgIpc) is 2.89. The van der Waals surface area contributed by atoms with E-state index in [0.29, 0.717) is 12.0 Å². The zero-order chi connectivity index (χ0) is 24.9. The van der Waals surface area contributed by atoms with Crippen LogP contribution in [-0.2, 0) is 6.54 Å². The van der Waals surface area contributed by atoms with E-state index in [4.69, 9.17) is 19.2 Å². The van der Waals surface area contributed by atoms with Crippen LogP contribution in [0.15, 0.2) is 54.7 Å². The Kier molecular flexibility index (Phi) is 7.61. The van der Waals surface area contributed by atoms with Gasteiger partial charge in [0.1, 0.15) is 5.75 Å². The van der Waals surface area contributed by atoms with Crippen LogP contribution in [0.4, 0.5) is 5.69 Å². The highest BCUT2D eigenvalue weighted by molar-refractivity contribution is 5.67. The second kappa shape index (κ2) is 11.2. The molecule has 1 aromatic heterocycles. The third-order valence-corrected chi connectivity index (χ3v) is 7.63. The number of rotatable bonds is 9. The number of piperidine rings is 1. The molecule has 3 aromatic rings. The molecular weight excluding hydrogens is 450 g/mol. The van der Waals surface area contributed by atoms with E-state index >= 15 is 0 Å². The van der Waals surface area contributed by atoms with Gasteiger partial charge in [0.15, 0.2) is 11.5 Å². The highest BCUT2D eigenvalue weighted by atomic mass is 16.5. The maximum atomic E-state index is 5.73. The number of ether oxygens (including phenoxy) is 3. The van der Waals surface area contributed by atoms with E-state index in [2.05, 4.69) is 46.6 Å². The van der Waals surface area contributed by atoms with Gasteiger partial charge in [-0.05, 0) is 85.7 Å². The summed E-state index contributed by atoms with van der Waals surface area (Å²) in [7, 11) is 5.14. The quantitative estimate of drug-likeness (QED) is 0.393. The lowest BCUT2D eigenvalue weighted by Gasteiger charge is -2.33. The molecule has 1 aliphatic carbocycles. The topological polar surface area (TPSA) is 55.9 Å². The summed E-state index contributed by atoms with van der Waals surface area (Å²) in [6, 6.07) is 17.4. The summed E-state index contributed by atoms with van der Waals surface area (Å²) in [5.74, 6) is 3.09. The summed E-state index contributed by atoms with van der Waals surface area (Å²) in [5, 5.41) is 3.68. The lowest BCUT2D eigenvalue weighted by Crippen LogP contribution is -2.38. The first-order valence-electron chi connectivity index (χ1n) is 13.0. The Hall–Kier alpha value is -3.25. The second-order valence-electron chi connectivity index (χ2n) is 9.90. The molecule has 1 saturated carbocycles. The number of likely N-dealkylation sites (tertiary alicyclic amines) is 1. The molecule has 5 rings (SSSR count). The molecule has 190 valence electrons. The summed E-state index contributed by atoms with van der Waals surface area (Å²) in [5.41, 5.74) is 5.78. The van der Waals surface area contributed by atoms with Crippen molar-refractivity contribution in [1.29, 1.82) is 0 Å². The zero-order valence-electron chi connectivity index (χ0n) is 21.6. The molecule has 2 heterocycles. The SMILES string of the molecule is COc1ccc(NC2CCN(Cc3ccnc(-c4cc(OC)c(OC)c(C5CCC5)c4)c3)CC2)cc1. The number of anilines is 1. The first-order valence-corrected chi connectivity index (χ1v) is 13.0. The molecule has 0 spiro atoms. The summed E-state index contributed by atoms with van der Waals surface area (Å²) >= 11 is 0. The average molecular weight is 488 g/mol. The molecule has 0 atom stereocenters. The second-order valence-corrected chi connectivity index (χ2v) is 9.90. The van der Waals surface area contributed by atoms with Crippen LogP contribution in [0, 0.1) is 0 Å². The molecule has 2 fully saturated rings. The van der Waals surface area contributed by atoms with Crippen molar-refractivity contribution < 1.29 is 14.2 Å². The van der Waals surface area contributed by atoms with E-state index < -0.39 is 0 Å². The van der Waals surface area contributed by atoms with Crippen molar-refractivity contribution in [3.63, 3.8) is 0 Å². The zero-order valence-corrected chi connectivity index (χ0v) is 21.6. The Bertz CT molecular complexity index is 1150. The molecule has 0 unspecified atom stereocenters. The molecular formula is C30H37N3O3. The van der Waals surface area contributed by atoms with Gasteiger partial charge in [-0.15, -0.1) is 0 Å². The number of pyridine rings is 1. The van der Waals surface area contributed by atoms with Gasteiger partial charge in [-0.1, -0.05) is 6.42 Å². The summed E-state index contributed by atoms with van der Waals surface area (Å²) in [6.45, 7) is 3.09. The fourth-order valence-corrected chi connectivity index (χ4v) is 5.31. The molecule has 0 radical (unpaired) electrons. The molecule has 1 saturated heterocycles.